The van der Waals surface area contributed by atoms with E-state index in [9.17, 15) is 9.90 Å². The predicted octanol–water partition coefficient (Wildman–Crippen LogP) is 1.98. The van der Waals surface area contributed by atoms with Crippen molar-refractivity contribution in [2.24, 2.45) is 5.41 Å². The lowest BCUT2D eigenvalue weighted by Gasteiger charge is -2.22. The lowest BCUT2D eigenvalue weighted by Crippen LogP contribution is -2.39. The van der Waals surface area contributed by atoms with Crippen LogP contribution in [0, 0.1) is 5.41 Å². The number of carboxylic acids is 1. The molecule has 0 aliphatic rings. The van der Waals surface area contributed by atoms with Crippen molar-refractivity contribution in [1.29, 1.82) is 0 Å². The summed E-state index contributed by atoms with van der Waals surface area (Å²) < 4.78 is 0. The van der Waals surface area contributed by atoms with E-state index in [1.807, 2.05) is 28.9 Å². The number of hydrogen-bond donors (Lipinski definition) is 0. The summed E-state index contributed by atoms with van der Waals surface area (Å²) in [4.78, 5) is 17.2. The van der Waals surface area contributed by atoms with Crippen molar-refractivity contribution < 1.29 is 9.90 Å². The topological polar surface area (TPSA) is 56.3 Å². The van der Waals surface area contributed by atoms with Crippen LogP contribution in [0.1, 0.15) is 39.0 Å². The first-order chi connectivity index (χ1) is 10.3. The number of pyridine rings is 1. The zero-order valence-corrected chi connectivity index (χ0v) is 14.9. The van der Waals surface area contributed by atoms with Gasteiger partial charge in [-0.25, -0.2) is 0 Å². The first-order valence-electron chi connectivity index (χ1n) is 7.74. The lowest BCUT2D eigenvalue weighted by atomic mass is 9.89. The molecule has 1 aromatic heterocycles. The minimum atomic E-state index is -1.04. The van der Waals surface area contributed by atoms with Crippen molar-refractivity contribution >= 4 is 17.7 Å². The van der Waals surface area contributed by atoms with E-state index in [4.69, 9.17) is 0 Å². The maximum Gasteiger partial charge on any atom is 0.0555 e. The number of carbonyl (C=O) groups excluding carboxylic acids is 1. The molecule has 0 spiro atoms. The van der Waals surface area contributed by atoms with Crippen LogP contribution in [-0.2, 0) is 17.8 Å². The SMILES string of the molecule is CCSCCN(CC(=O)[O-])Cc1ccc(CC(C)(C)C)cn1. The van der Waals surface area contributed by atoms with E-state index < -0.39 is 5.97 Å². The lowest BCUT2D eigenvalue weighted by molar-refractivity contribution is -0.306. The molecular formula is C17H27N2O2S-. The van der Waals surface area contributed by atoms with Crippen LogP contribution in [0.4, 0.5) is 0 Å². The quantitative estimate of drug-likeness (QED) is 0.650. The Kier molecular flexibility index (Phi) is 7.90. The fourth-order valence-corrected chi connectivity index (χ4v) is 2.91. The summed E-state index contributed by atoms with van der Waals surface area (Å²) in [7, 11) is 0. The number of aliphatic carboxylic acids is 1. The van der Waals surface area contributed by atoms with Gasteiger partial charge in [-0.15, -0.1) is 0 Å². The highest BCUT2D eigenvalue weighted by Gasteiger charge is 2.12. The van der Waals surface area contributed by atoms with Crippen LogP contribution < -0.4 is 5.11 Å². The highest BCUT2D eigenvalue weighted by atomic mass is 32.2. The maximum absolute atomic E-state index is 10.9. The van der Waals surface area contributed by atoms with E-state index >= 15 is 0 Å². The molecule has 0 unspecified atom stereocenters. The van der Waals surface area contributed by atoms with Gasteiger partial charge in [-0.3, -0.25) is 9.88 Å². The number of nitrogens with zero attached hydrogens (tertiary/aromatic N) is 2. The van der Waals surface area contributed by atoms with Crippen molar-refractivity contribution in [2.75, 3.05) is 24.6 Å². The van der Waals surface area contributed by atoms with Gasteiger partial charge in [-0.05, 0) is 29.2 Å². The largest absolute Gasteiger partial charge is 0.549 e. The number of carboxylic acid groups (broad SMARTS) is 1. The first-order valence-corrected chi connectivity index (χ1v) is 8.89. The Labute approximate surface area is 138 Å². The van der Waals surface area contributed by atoms with Gasteiger partial charge in [0.15, 0.2) is 0 Å². The number of hydrogen-bond acceptors (Lipinski definition) is 5. The van der Waals surface area contributed by atoms with Crippen LogP contribution in [-0.4, -0.2) is 40.4 Å². The predicted molar refractivity (Wildman–Crippen MR) is 90.7 cm³/mol. The summed E-state index contributed by atoms with van der Waals surface area (Å²) in [5, 5.41) is 10.9. The Morgan fingerprint density at radius 3 is 2.59 bits per heavy atom. The molecule has 0 radical (unpaired) electrons. The van der Waals surface area contributed by atoms with Crippen LogP contribution in [0.3, 0.4) is 0 Å². The van der Waals surface area contributed by atoms with E-state index in [0.29, 0.717) is 6.54 Å². The van der Waals surface area contributed by atoms with Crippen LogP contribution in [0.25, 0.3) is 0 Å². The Morgan fingerprint density at radius 2 is 2.09 bits per heavy atom. The van der Waals surface area contributed by atoms with E-state index in [-0.39, 0.29) is 12.0 Å². The fourth-order valence-electron chi connectivity index (χ4n) is 2.23. The summed E-state index contributed by atoms with van der Waals surface area (Å²) >= 11 is 1.81. The minimum Gasteiger partial charge on any atom is -0.549 e. The average Bonchev–Trinajstić information content (AvgIpc) is 2.39. The first kappa shape index (κ1) is 19.0. The third kappa shape index (κ3) is 8.39. The minimum absolute atomic E-state index is 0.0459. The highest BCUT2D eigenvalue weighted by Crippen LogP contribution is 2.20. The van der Waals surface area contributed by atoms with Crippen molar-refractivity contribution in [3.8, 4) is 0 Å². The summed E-state index contributed by atoms with van der Waals surface area (Å²) in [6.45, 7) is 9.95. The van der Waals surface area contributed by atoms with Crippen LogP contribution >= 0.6 is 11.8 Å². The van der Waals surface area contributed by atoms with Crippen LogP contribution in [0.15, 0.2) is 18.3 Å². The number of aromatic nitrogens is 1. The number of thioether (sulfide) groups is 1. The highest BCUT2D eigenvalue weighted by molar-refractivity contribution is 7.99. The monoisotopic (exact) mass is 323 g/mol. The molecule has 0 amide bonds. The van der Waals surface area contributed by atoms with Gasteiger partial charge in [0.1, 0.15) is 0 Å². The van der Waals surface area contributed by atoms with E-state index in [0.717, 1.165) is 30.2 Å². The molecule has 124 valence electrons. The summed E-state index contributed by atoms with van der Waals surface area (Å²) in [6, 6.07) is 4.09. The van der Waals surface area contributed by atoms with Crippen molar-refractivity contribution in [3.63, 3.8) is 0 Å². The number of rotatable bonds is 9. The van der Waals surface area contributed by atoms with Gasteiger partial charge in [0, 0.05) is 31.6 Å². The van der Waals surface area contributed by atoms with Gasteiger partial charge >= 0.3 is 0 Å². The summed E-state index contributed by atoms with van der Waals surface area (Å²) in [5.41, 5.74) is 2.35. The van der Waals surface area contributed by atoms with Crippen molar-refractivity contribution in [1.82, 2.24) is 9.88 Å². The summed E-state index contributed by atoms with van der Waals surface area (Å²) in [5.74, 6) is 0.927. The van der Waals surface area contributed by atoms with Crippen LogP contribution in [0.5, 0.6) is 0 Å². The second-order valence-electron chi connectivity index (χ2n) is 6.67. The van der Waals surface area contributed by atoms with Gasteiger partial charge in [-0.2, -0.15) is 11.8 Å². The smallest absolute Gasteiger partial charge is 0.0555 e. The molecule has 0 aromatic carbocycles. The van der Waals surface area contributed by atoms with E-state index in [2.05, 4.69) is 38.7 Å². The molecular weight excluding hydrogens is 296 g/mol. The normalized spacial score (nSPS) is 11.9. The van der Waals surface area contributed by atoms with Gasteiger partial charge in [0.2, 0.25) is 0 Å². The third-order valence-corrected chi connectivity index (χ3v) is 3.99. The van der Waals surface area contributed by atoms with Gasteiger partial charge in [0.05, 0.1) is 11.7 Å². The Balaban J connectivity index is 2.61. The molecule has 0 saturated carbocycles. The van der Waals surface area contributed by atoms with Gasteiger partial charge in [0.25, 0.3) is 0 Å². The molecule has 4 nitrogen and oxygen atoms in total. The molecule has 0 fully saturated rings. The maximum atomic E-state index is 10.9. The van der Waals surface area contributed by atoms with E-state index in [1.54, 1.807) is 0 Å². The molecule has 1 aromatic rings. The Hall–Kier alpha value is -1.07. The second-order valence-corrected chi connectivity index (χ2v) is 8.07. The number of carbonyl (C=O) groups is 1. The molecule has 0 N–H and O–H groups in total. The van der Waals surface area contributed by atoms with Crippen molar-refractivity contribution in [3.05, 3.63) is 29.6 Å². The molecule has 0 bridgehead atoms. The zero-order chi connectivity index (χ0) is 16.6. The molecule has 1 heterocycles. The molecule has 0 atom stereocenters. The Morgan fingerprint density at radius 1 is 1.36 bits per heavy atom. The molecule has 5 heteroatoms. The third-order valence-electron chi connectivity index (χ3n) is 3.11. The second kappa shape index (κ2) is 9.16. The Bertz CT molecular complexity index is 455. The molecule has 0 aliphatic heterocycles. The standard InChI is InChI=1S/C17H28N2O2S/c1-5-22-9-8-19(13-16(20)21)12-15-7-6-14(11-18-15)10-17(2,3)4/h6-7,11H,5,8-10,12-13H2,1-4H3,(H,20,21)/p-1. The average molecular weight is 323 g/mol. The molecule has 22 heavy (non-hydrogen) atoms. The van der Waals surface area contributed by atoms with Crippen molar-refractivity contribution in [2.45, 2.75) is 40.7 Å². The van der Waals surface area contributed by atoms with Gasteiger partial charge in [-0.1, -0.05) is 33.8 Å². The molecule has 0 aliphatic carbocycles. The zero-order valence-electron chi connectivity index (χ0n) is 14.1. The fraction of sp³-hybridized carbons (Fsp3) is 0.647. The molecule has 1 rings (SSSR count). The molecule has 0 saturated heterocycles. The van der Waals surface area contributed by atoms with E-state index in [1.165, 1.54) is 5.56 Å². The summed E-state index contributed by atoms with van der Waals surface area (Å²) in [6.07, 6.45) is 2.88. The van der Waals surface area contributed by atoms with Gasteiger partial charge < -0.3 is 9.90 Å². The van der Waals surface area contributed by atoms with Crippen LogP contribution in [0.2, 0.25) is 0 Å².